The number of aromatic amines is 1. The van der Waals surface area contributed by atoms with Gasteiger partial charge in [0, 0.05) is 40.7 Å². The standard InChI is InChI=1S/C28H26N2O5/c1-32-19-7-9-20(10-8-19)34-17-24-23-5-3-4-6-26(23)35-27(24)28(31)29-14-13-18-16-30-25-15-21(33-2)11-12-22(18)25/h3-12,15-16,30H,13-14,17H2,1-2H3,(H,29,31). The summed E-state index contributed by atoms with van der Waals surface area (Å²) in [6, 6.07) is 20.8. The minimum absolute atomic E-state index is 0.205. The fourth-order valence-corrected chi connectivity index (χ4v) is 4.14. The van der Waals surface area contributed by atoms with Crippen LogP contribution in [-0.2, 0) is 13.0 Å². The van der Waals surface area contributed by atoms with Crippen molar-refractivity contribution < 1.29 is 23.4 Å². The van der Waals surface area contributed by atoms with Gasteiger partial charge in [-0.25, -0.2) is 0 Å². The van der Waals surface area contributed by atoms with Crippen LogP contribution in [0.15, 0.2) is 77.3 Å². The summed E-state index contributed by atoms with van der Waals surface area (Å²) >= 11 is 0. The van der Waals surface area contributed by atoms with Crippen LogP contribution in [0.1, 0.15) is 21.7 Å². The van der Waals surface area contributed by atoms with Gasteiger partial charge in [-0.05, 0) is 54.4 Å². The van der Waals surface area contributed by atoms with E-state index >= 15 is 0 Å². The van der Waals surface area contributed by atoms with Crippen molar-refractivity contribution >= 4 is 27.8 Å². The van der Waals surface area contributed by atoms with Gasteiger partial charge in [-0.15, -0.1) is 0 Å². The first-order chi connectivity index (χ1) is 17.2. The van der Waals surface area contributed by atoms with Crippen LogP contribution >= 0.6 is 0 Å². The maximum atomic E-state index is 13.1. The molecule has 0 aliphatic heterocycles. The molecule has 0 saturated heterocycles. The average Bonchev–Trinajstić information content (AvgIpc) is 3.48. The van der Waals surface area contributed by atoms with Crippen LogP contribution in [0.2, 0.25) is 0 Å². The smallest absolute Gasteiger partial charge is 0.287 e. The van der Waals surface area contributed by atoms with Crippen molar-refractivity contribution in [1.29, 1.82) is 0 Å². The highest BCUT2D eigenvalue weighted by atomic mass is 16.5. The quantitative estimate of drug-likeness (QED) is 0.298. The van der Waals surface area contributed by atoms with E-state index in [2.05, 4.69) is 10.3 Å². The zero-order valence-corrected chi connectivity index (χ0v) is 19.6. The Hall–Kier alpha value is -4.39. The Morgan fingerprint density at radius 1 is 0.914 bits per heavy atom. The molecule has 1 amide bonds. The summed E-state index contributed by atoms with van der Waals surface area (Å²) in [7, 11) is 3.27. The van der Waals surface area contributed by atoms with E-state index in [1.54, 1.807) is 14.2 Å². The van der Waals surface area contributed by atoms with E-state index in [0.717, 1.165) is 33.4 Å². The molecule has 2 aromatic heterocycles. The molecule has 5 aromatic rings. The normalized spacial score (nSPS) is 11.0. The molecule has 0 fully saturated rings. The summed E-state index contributed by atoms with van der Waals surface area (Å²) in [4.78, 5) is 16.4. The van der Waals surface area contributed by atoms with Crippen molar-refractivity contribution in [2.45, 2.75) is 13.0 Å². The average molecular weight is 471 g/mol. The summed E-state index contributed by atoms with van der Waals surface area (Å²) < 4.78 is 22.4. The van der Waals surface area contributed by atoms with Crippen molar-refractivity contribution in [2.75, 3.05) is 20.8 Å². The number of hydrogen-bond donors (Lipinski definition) is 2. The number of H-pyrrole nitrogens is 1. The number of hydrogen-bond acceptors (Lipinski definition) is 5. The summed E-state index contributed by atoms with van der Waals surface area (Å²) in [5.74, 6) is 2.23. The van der Waals surface area contributed by atoms with Crippen LogP contribution < -0.4 is 19.5 Å². The van der Waals surface area contributed by atoms with Gasteiger partial charge in [0.05, 0.1) is 14.2 Å². The molecule has 0 saturated carbocycles. The highest BCUT2D eigenvalue weighted by Crippen LogP contribution is 2.28. The molecule has 0 spiro atoms. The van der Waals surface area contributed by atoms with Crippen molar-refractivity contribution in [1.82, 2.24) is 10.3 Å². The topological polar surface area (TPSA) is 85.7 Å². The molecule has 0 unspecified atom stereocenters. The number of benzene rings is 3. The van der Waals surface area contributed by atoms with Gasteiger partial charge in [0.1, 0.15) is 29.4 Å². The largest absolute Gasteiger partial charge is 0.497 e. The summed E-state index contributed by atoms with van der Waals surface area (Å²) in [5.41, 5.74) is 3.49. The van der Waals surface area contributed by atoms with Gasteiger partial charge < -0.3 is 28.9 Å². The summed E-state index contributed by atoms with van der Waals surface area (Å²) in [6.07, 6.45) is 2.64. The Morgan fingerprint density at radius 3 is 2.46 bits per heavy atom. The van der Waals surface area contributed by atoms with Crippen LogP contribution in [0, 0.1) is 0 Å². The molecule has 35 heavy (non-hydrogen) atoms. The van der Waals surface area contributed by atoms with Crippen molar-refractivity contribution in [2.24, 2.45) is 0 Å². The molecule has 2 N–H and O–H groups in total. The second kappa shape index (κ2) is 9.85. The third-order valence-corrected chi connectivity index (χ3v) is 6.00. The highest BCUT2D eigenvalue weighted by molar-refractivity contribution is 5.99. The van der Waals surface area contributed by atoms with Gasteiger partial charge in [0.25, 0.3) is 5.91 Å². The van der Waals surface area contributed by atoms with Gasteiger partial charge >= 0.3 is 0 Å². The number of furan rings is 1. The molecule has 0 bridgehead atoms. The fraction of sp³-hybridized carbons (Fsp3) is 0.179. The van der Waals surface area contributed by atoms with Crippen LogP contribution in [0.3, 0.4) is 0 Å². The predicted molar refractivity (Wildman–Crippen MR) is 134 cm³/mol. The lowest BCUT2D eigenvalue weighted by atomic mass is 10.1. The molecule has 0 atom stereocenters. The molecule has 0 aliphatic rings. The van der Waals surface area contributed by atoms with Crippen molar-refractivity contribution in [3.8, 4) is 17.2 Å². The second-order valence-electron chi connectivity index (χ2n) is 8.10. The summed E-state index contributed by atoms with van der Waals surface area (Å²) in [6.45, 7) is 0.671. The number of fused-ring (bicyclic) bond motifs is 2. The lowest BCUT2D eigenvalue weighted by Crippen LogP contribution is -2.26. The lowest BCUT2D eigenvalue weighted by molar-refractivity contribution is 0.0925. The number of methoxy groups -OCH3 is 2. The number of aromatic nitrogens is 1. The Labute approximate surface area is 202 Å². The third-order valence-electron chi connectivity index (χ3n) is 6.00. The minimum atomic E-state index is -0.268. The first-order valence-corrected chi connectivity index (χ1v) is 11.4. The number of rotatable bonds is 9. The molecule has 5 rings (SSSR count). The highest BCUT2D eigenvalue weighted by Gasteiger charge is 2.21. The number of carbonyl (C=O) groups excluding carboxylic acids is 1. The molecule has 2 heterocycles. The van der Waals surface area contributed by atoms with E-state index in [1.165, 1.54) is 0 Å². The zero-order valence-electron chi connectivity index (χ0n) is 19.6. The van der Waals surface area contributed by atoms with E-state index in [0.29, 0.717) is 29.9 Å². The molecule has 0 aliphatic carbocycles. The minimum Gasteiger partial charge on any atom is -0.497 e. The number of carbonyl (C=O) groups is 1. The third kappa shape index (κ3) is 4.66. The Balaban J connectivity index is 1.30. The van der Waals surface area contributed by atoms with Crippen LogP contribution in [0.25, 0.3) is 21.9 Å². The molecule has 0 radical (unpaired) electrons. The first-order valence-electron chi connectivity index (χ1n) is 11.4. The van der Waals surface area contributed by atoms with Gasteiger partial charge in [-0.3, -0.25) is 4.79 Å². The SMILES string of the molecule is COc1ccc(OCc2c(C(=O)NCCc3c[nH]c4cc(OC)ccc34)oc3ccccc23)cc1. The Bertz CT molecular complexity index is 1470. The summed E-state index contributed by atoms with van der Waals surface area (Å²) in [5, 5.41) is 4.96. The van der Waals surface area contributed by atoms with Crippen LogP contribution in [-0.4, -0.2) is 31.7 Å². The van der Waals surface area contributed by atoms with Crippen LogP contribution in [0.4, 0.5) is 0 Å². The number of para-hydroxylation sites is 1. The van der Waals surface area contributed by atoms with Crippen molar-refractivity contribution in [3.05, 3.63) is 89.8 Å². The molecule has 7 nitrogen and oxygen atoms in total. The first kappa shape index (κ1) is 22.4. The van der Waals surface area contributed by atoms with E-state index in [9.17, 15) is 4.79 Å². The molecular weight excluding hydrogens is 444 g/mol. The van der Waals surface area contributed by atoms with Crippen molar-refractivity contribution in [3.63, 3.8) is 0 Å². The molecule has 7 heteroatoms. The maximum Gasteiger partial charge on any atom is 0.287 e. The second-order valence-corrected chi connectivity index (χ2v) is 8.10. The lowest BCUT2D eigenvalue weighted by Gasteiger charge is -2.08. The molecule has 178 valence electrons. The van der Waals surface area contributed by atoms with E-state index in [1.807, 2.05) is 72.9 Å². The maximum absolute atomic E-state index is 13.1. The molecule has 3 aromatic carbocycles. The van der Waals surface area contributed by atoms with Gasteiger partial charge in [0.2, 0.25) is 0 Å². The van der Waals surface area contributed by atoms with E-state index < -0.39 is 0 Å². The Kier molecular flexibility index (Phi) is 6.30. The monoisotopic (exact) mass is 470 g/mol. The fourth-order valence-electron chi connectivity index (χ4n) is 4.14. The number of nitrogens with one attached hydrogen (secondary N) is 2. The van der Waals surface area contributed by atoms with Gasteiger partial charge in [0.15, 0.2) is 5.76 Å². The van der Waals surface area contributed by atoms with E-state index in [4.69, 9.17) is 18.6 Å². The number of amides is 1. The number of ether oxygens (including phenoxy) is 3. The van der Waals surface area contributed by atoms with E-state index in [-0.39, 0.29) is 18.3 Å². The predicted octanol–water partition coefficient (Wildman–Crippen LogP) is 5.48. The van der Waals surface area contributed by atoms with Gasteiger partial charge in [-0.2, -0.15) is 0 Å². The Morgan fingerprint density at radius 2 is 1.66 bits per heavy atom. The zero-order chi connectivity index (χ0) is 24.2. The van der Waals surface area contributed by atoms with Crippen LogP contribution in [0.5, 0.6) is 17.2 Å². The van der Waals surface area contributed by atoms with Gasteiger partial charge in [-0.1, -0.05) is 18.2 Å². The molecular formula is C28H26N2O5.